The van der Waals surface area contributed by atoms with Crippen molar-refractivity contribution in [2.75, 3.05) is 0 Å². The van der Waals surface area contributed by atoms with Crippen LogP contribution in [0.5, 0.6) is 0 Å². The van der Waals surface area contributed by atoms with Crippen molar-refractivity contribution in [3.63, 3.8) is 0 Å². The van der Waals surface area contributed by atoms with Crippen LogP contribution in [0.15, 0.2) is 41.1 Å². The molecule has 0 amide bonds. The maximum absolute atomic E-state index is 5.53. The number of benzene rings is 1. The fourth-order valence-corrected chi connectivity index (χ4v) is 2.22. The van der Waals surface area contributed by atoms with Crippen LogP contribution in [0.1, 0.15) is 5.89 Å². The molecule has 4 nitrogen and oxygen atoms in total. The van der Waals surface area contributed by atoms with Gasteiger partial charge in [-0.05, 0) is 24.3 Å². The van der Waals surface area contributed by atoms with Gasteiger partial charge in [0.05, 0.1) is 11.0 Å². The summed E-state index contributed by atoms with van der Waals surface area (Å²) in [6, 6.07) is 7.92. The van der Waals surface area contributed by atoms with Crippen molar-refractivity contribution in [1.82, 2.24) is 15.0 Å². The van der Waals surface area contributed by atoms with Crippen LogP contribution in [0.2, 0.25) is 0 Å². The van der Waals surface area contributed by atoms with Crippen LogP contribution in [0.25, 0.3) is 32.9 Å². The van der Waals surface area contributed by atoms with Crippen molar-refractivity contribution in [2.24, 2.45) is 0 Å². The summed E-state index contributed by atoms with van der Waals surface area (Å²) in [6.45, 7) is 1.85. The van der Waals surface area contributed by atoms with E-state index in [0.29, 0.717) is 5.89 Å². The van der Waals surface area contributed by atoms with Gasteiger partial charge in [-0.2, -0.15) is 0 Å². The molecule has 0 radical (unpaired) electrons. The van der Waals surface area contributed by atoms with E-state index < -0.39 is 0 Å². The van der Waals surface area contributed by atoms with Crippen molar-refractivity contribution < 1.29 is 4.42 Å². The first-order chi connectivity index (χ1) is 8.79. The van der Waals surface area contributed by atoms with Crippen molar-refractivity contribution in [2.45, 2.75) is 6.92 Å². The number of aromatic nitrogens is 3. The molecular weight excluding hydrogens is 226 g/mol. The number of rotatable bonds is 0. The molecule has 0 spiro atoms. The molecule has 3 aromatic heterocycles. The quantitative estimate of drug-likeness (QED) is 0.439. The smallest absolute Gasteiger partial charge is 0.192 e. The zero-order chi connectivity index (χ0) is 12.1. The molecule has 1 aromatic carbocycles. The minimum Gasteiger partial charge on any atom is -0.441 e. The van der Waals surface area contributed by atoms with Crippen molar-refractivity contribution in [3.05, 3.63) is 42.5 Å². The SMILES string of the molecule is Cc1nc2cc3nc4ccncc4cc3cc2o1. The van der Waals surface area contributed by atoms with Gasteiger partial charge in [0.25, 0.3) is 0 Å². The third kappa shape index (κ3) is 1.29. The van der Waals surface area contributed by atoms with Crippen LogP contribution in [0.3, 0.4) is 0 Å². The Balaban J connectivity index is 2.19. The Labute approximate surface area is 102 Å². The number of fused-ring (bicyclic) bond motifs is 3. The Morgan fingerprint density at radius 3 is 2.83 bits per heavy atom. The molecule has 0 saturated carbocycles. The van der Waals surface area contributed by atoms with E-state index in [4.69, 9.17) is 4.42 Å². The zero-order valence-electron chi connectivity index (χ0n) is 9.71. The average molecular weight is 235 g/mol. The number of oxazole rings is 1. The lowest BCUT2D eigenvalue weighted by molar-refractivity contribution is 0.561. The average Bonchev–Trinajstić information content (AvgIpc) is 2.72. The normalized spacial score (nSPS) is 11.6. The molecule has 0 aliphatic rings. The molecule has 4 aromatic rings. The molecule has 0 saturated heterocycles. The highest BCUT2D eigenvalue weighted by Gasteiger charge is 2.06. The van der Waals surface area contributed by atoms with Gasteiger partial charge in [0.2, 0.25) is 0 Å². The summed E-state index contributed by atoms with van der Waals surface area (Å²) in [6.07, 6.45) is 3.57. The lowest BCUT2D eigenvalue weighted by atomic mass is 10.1. The largest absolute Gasteiger partial charge is 0.441 e. The van der Waals surface area contributed by atoms with E-state index in [9.17, 15) is 0 Å². The highest BCUT2D eigenvalue weighted by Crippen LogP contribution is 2.24. The zero-order valence-corrected chi connectivity index (χ0v) is 9.71. The van der Waals surface area contributed by atoms with Crippen LogP contribution in [-0.4, -0.2) is 15.0 Å². The second-order valence-corrected chi connectivity index (χ2v) is 4.30. The van der Waals surface area contributed by atoms with Gasteiger partial charge < -0.3 is 4.42 Å². The number of aryl methyl sites for hydroxylation is 1. The Bertz CT molecular complexity index is 823. The number of hydrogen-bond donors (Lipinski definition) is 0. The van der Waals surface area contributed by atoms with Crippen molar-refractivity contribution in [3.8, 4) is 0 Å². The molecule has 0 unspecified atom stereocenters. The Morgan fingerprint density at radius 2 is 1.89 bits per heavy atom. The molecule has 0 aliphatic heterocycles. The monoisotopic (exact) mass is 235 g/mol. The Hall–Kier alpha value is -2.49. The summed E-state index contributed by atoms with van der Waals surface area (Å²) in [5.74, 6) is 0.673. The number of hydrogen-bond acceptors (Lipinski definition) is 4. The number of pyridine rings is 2. The molecule has 4 rings (SSSR count). The predicted octanol–water partition coefficient (Wildman–Crippen LogP) is 3.23. The first-order valence-corrected chi connectivity index (χ1v) is 5.71. The molecule has 0 aliphatic carbocycles. The second kappa shape index (κ2) is 3.26. The lowest BCUT2D eigenvalue weighted by Gasteiger charge is -2.00. The molecule has 0 N–H and O–H groups in total. The Kier molecular flexibility index (Phi) is 1.73. The van der Waals surface area contributed by atoms with E-state index >= 15 is 0 Å². The topological polar surface area (TPSA) is 51.8 Å². The van der Waals surface area contributed by atoms with Crippen LogP contribution in [-0.2, 0) is 0 Å². The van der Waals surface area contributed by atoms with Crippen molar-refractivity contribution >= 4 is 32.9 Å². The van der Waals surface area contributed by atoms with E-state index in [0.717, 1.165) is 32.9 Å². The summed E-state index contributed by atoms with van der Waals surface area (Å²) in [7, 11) is 0. The van der Waals surface area contributed by atoms with Gasteiger partial charge in [0.1, 0.15) is 5.52 Å². The molecular formula is C14H9N3O. The van der Waals surface area contributed by atoms with Crippen LogP contribution < -0.4 is 0 Å². The molecule has 4 heteroatoms. The van der Waals surface area contributed by atoms with E-state index in [1.807, 2.05) is 31.3 Å². The molecule has 0 bridgehead atoms. The molecule has 18 heavy (non-hydrogen) atoms. The lowest BCUT2D eigenvalue weighted by Crippen LogP contribution is -1.83. The summed E-state index contributed by atoms with van der Waals surface area (Å²) < 4.78 is 5.53. The third-order valence-corrected chi connectivity index (χ3v) is 3.02. The minimum atomic E-state index is 0.673. The second-order valence-electron chi connectivity index (χ2n) is 4.30. The summed E-state index contributed by atoms with van der Waals surface area (Å²) in [5, 5.41) is 2.07. The highest BCUT2D eigenvalue weighted by atomic mass is 16.3. The van der Waals surface area contributed by atoms with E-state index in [1.54, 1.807) is 6.20 Å². The number of nitrogens with zero attached hydrogens (tertiary/aromatic N) is 3. The van der Waals surface area contributed by atoms with E-state index in [1.165, 1.54) is 0 Å². The van der Waals surface area contributed by atoms with Crippen molar-refractivity contribution in [1.29, 1.82) is 0 Å². The van der Waals surface area contributed by atoms with Gasteiger partial charge in [-0.25, -0.2) is 9.97 Å². The van der Waals surface area contributed by atoms with Gasteiger partial charge in [0, 0.05) is 30.1 Å². The van der Waals surface area contributed by atoms with Crippen LogP contribution in [0.4, 0.5) is 0 Å². The maximum atomic E-state index is 5.53. The van der Waals surface area contributed by atoms with E-state index in [-0.39, 0.29) is 0 Å². The van der Waals surface area contributed by atoms with Gasteiger partial charge in [0.15, 0.2) is 11.5 Å². The van der Waals surface area contributed by atoms with Gasteiger partial charge in [-0.1, -0.05) is 0 Å². The van der Waals surface area contributed by atoms with Gasteiger partial charge in [-0.15, -0.1) is 0 Å². The standard InChI is InChI=1S/C14H9N3O/c1-8-16-13-6-12-9(5-14(13)18-8)4-10-7-15-3-2-11(10)17-12/h2-7H,1H3. The van der Waals surface area contributed by atoms with Crippen LogP contribution >= 0.6 is 0 Å². The third-order valence-electron chi connectivity index (χ3n) is 3.02. The summed E-state index contributed by atoms with van der Waals surface area (Å²) in [4.78, 5) is 13.1. The van der Waals surface area contributed by atoms with Gasteiger partial charge in [-0.3, -0.25) is 4.98 Å². The van der Waals surface area contributed by atoms with E-state index in [2.05, 4.69) is 21.0 Å². The van der Waals surface area contributed by atoms with Crippen LogP contribution in [0, 0.1) is 6.92 Å². The fourth-order valence-electron chi connectivity index (χ4n) is 2.22. The maximum Gasteiger partial charge on any atom is 0.192 e. The highest BCUT2D eigenvalue weighted by molar-refractivity contribution is 5.98. The minimum absolute atomic E-state index is 0.673. The predicted molar refractivity (Wildman–Crippen MR) is 69.3 cm³/mol. The molecule has 0 atom stereocenters. The summed E-state index contributed by atoms with van der Waals surface area (Å²) in [5.41, 5.74) is 3.51. The Morgan fingerprint density at radius 1 is 0.944 bits per heavy atom. The van der Waals surface area contributed by atoms with Gasteiger partial charge >= 0.3 is 0 Å². The molecule has 3 heterocycles. The first-order valence-electron chi connectivity index (χ1n) is 5.71. The first kappa shape index (κ1) is 9.53. The molecule has 86 valence electrons. The fraction of sp³-hybridized carbons (Fsp3) is 0.0714. The summed E-state index contributed by atoms with van der Waals surface area (Å²) >= 11 is 0. The molecule has 0 fully saturated rings.